The molecule has 0 aliphatic carbocycles. The number of aryl methyl sites for hydroxylation is 2. The number of nitrogens with zero attached hydrogens (tertiary/aromatic N) is 1. The molecule has 0 aliphatic rings. The highest BCUT2D eigenvalue weighted by Crippen LogP contribution is 2.12. The van der Waals surface area contributed by atoms with Crippen LogP contribution in [0.1, 0.15) is 41.6 Å². The van der Waals surface area contributed by atoms with E-state index in [2.05, 4.69) is 16.4 Å². The van der Waals surface area contributed by atoms with Gasteiger partial charge in [0, 0.05) is 12.5 Å². The first-order valence-corrected chi connectivity index (χ1v) is 5.27. The van der Waals surface area contributed by atoms with Gasteiger partial charge in [0.05, 0.1) is 5.69 Å². The average molecular weight is 220 g/mol. The second kappa shape index (κ2) is 5.36. The number of nitrogens with one attached hydrogen (secondary N) is 1. The van der Waals surface area contributed by atoms with Gasteiger partial charge in [-0.15, -0.1) is 12.3 Å². The van der Waals surface area contributed by atoms with Gasteiger partial charge in [-0.1, -0.05) is 12.1 Å². The Morgan fingerprint density at radius 3 is 2.75 bits per heavy atom. The zero-order valence-corrected chi connectivity index (χ0v) is 9.83. The summed E-state index contributed by atoms with van der Waals surface area (Å²) in [7, 11) is 0. The predicted molar refractivity (Wildman–Crippen MR) is 61.0 cm³/mol. The Morgan fingerprint density at radius 1 is 1.62 bits per heavy atom. The van der Waals surface area contributed by atoms with Crippen molar-refractivity contribution in [1.82, 2.24) is 10.5 Å². The summed E-state index contributed by atoms with van der Waals surface area (Å²) in [6, 6.07) is 0.00574. The molecule has 16 heavy (non-hydrogen) atoms. The van der Waals surface area contributed by atoms with Gasteiger partial charge < -0.3 is 9.84 Å². The molecule has 4 nitrogen and oxygen atoms in total. The van der Waals surface area contributed by atoms with E-state index in [1.165, 1.54) is 0 Å². The summed E-state index contributed by atoms with van der Waals surface area (Å²) >= 11 is 0. The molecule has 1 amide bonds. The number of hydrogen-bond donors (Lipinski definition) is 1. The van der Waals surface area contributed by atoms with Gasteiger partial charge in [0.1, 0.15) is 11.3 Å². The van der Waals surface area contributed by atoms with Crippen molar-refractivity contribution in [3.05, 3.63) is 17.0 Å². The molecule has 1 rings (SSSR count). The number of amides is 1. The van der Waals surface area contributed by atoms with E-state index in [4.69, 9.17) is 10.9 Å². The highest BCUT2D eigenvalue weighted by atomic mass is 16.5. The Kier molecular flexibility index (Phi) is 4.12. The zero-order chi connectivity index (χ0) is 12.1. The Morgan fingerprint density at radius 2 is 2.31 bits per heavy atom. The van der Waals surface area contributed by atoms with Gasteiger partial charge in [0.25, 0.3) is 5.91 Å². The molecule has 1 aromatic heterocycles. The van der Waals surface area contributed by atoms with Crippen molar-refractivity contribution >= 4 is 5.91 Å². The largest absolute Gasteiger partial charge is 0.361 e. The van der Waals surface area contributed by atoms with Crippen molar-refractivity contribution in [3.63, 3.8) is 0 Å². The van der Waals surface area contributed by atoms with Crippen molar-refractivity contribution in [1.29, 1.82) is 0 Å². The molecule has 1 aromatic rings. The van der Waals surface area contributed by atoms with Crippen molar-refractivity contribution < 1.29 is 9.32 Å². The Hall–Kier alpha value is -1.76. The minimum absolute atomic E-state index is 0.00574. The number of rotatable bonds is 4. The molecule has 0 fully saturated rings. The molecule has 1 atom stereocenters. The third kappa shape index (κ3) is 2.63. The van der Waals surface area contributed by atoms with Gasteiger partial charge in [-0.3, -0.25) is 4.79 Å². The second-order valence-corrected chi connectivity index (χ2v) is 3.69. The van der Waals surface area contributed by atoms with Gasteiger partial charge >= 0.3 is 0 Å². The molecule has 0 aliphatic heterocycles. The minimum Gasteiger partial charge on any atom is -0.361 e. The van der Waals surface area contributed by atoms with E-state index < -0.39 is 0 Å². The lowest BCUT2D eigenvalue weighted by molar-refractivity contribution is 0.0934. The van der Waals surface area contributed by atoms with Gasteiger partial charge in [-0.05, 0) is 20.3 Å². The van der Waals surface area contributed by atoms with E-state index in [9.17, 15) is 4.79 Å². The topological polar surface area (TPSA) is 55.1 Å². The average Bonchev–Trinajstić information content (AvgIpc) is 2.57. The fourth-order valence-electron chi connectivity index (χ4n) is 1.50. The fraction of sp³-hybridized carbons (Fsp3) is 0.500. The maximum Gasteiger partial charge on any atom is 0.257 e. The molecule has 0 saturated carbocycles. The Bertz CT molecular complexity index is 396. The maximum absolute atomic E-state index is 11.9. The minimum atomic E-state index is -0.168. The van der Waals surface area contributed by atoms with Crippen LogP contribution >= 0.6 is 0 Å². The van der Waals surface area contributed by atoms with Crippen molar-refractivity contribution in [2.45, 2.75) is 39.7 Å². The standard InChI is InChI=1S/C12H16N2O2/c1-5-7-10(6-2)13-12(15)11-8(3)14-16-9(11)4/h1,10H,6-7H2,2-4H3,(H,13,15). The Labute approximate surface area is 95.4 Å². The van der Waals surface area contributed by atoms with E-state index in [1.807, 2.05) is 6.92 Å². The third-order valence-corrected chi connectivity index (χ3v) is 2.45. The molecular formula is C12H16N2O2. The van der Waals surface area contributed by atoms with Crippen LogP contribution in [-0.4, -0.2) is 17.1 Å². The second-order valence-electron chi connectivity index (χ2n) is 3.69. The van der Waals surface area contributed by atoms with E-state index in [1.54, 1.807) is 13.8 Å². The van der Waals surface area contributed by atoms with E-state index in [-0.39, 0.29) is 11.9 Å². The molecule has 1 N–H and O–H groups in total. The lowest BCUT2D eigenvalue weighted by Gasteiger charge is -2.13. The van der Waals surface area contributed by atoms with Gasteiger partial charge in [-0.2, -0.15) is 0 Å². The summed E-state index contributed by atoms with van der Waals surface area (Å²) in [6.07, 6.45) is 6.57. The number of terminal acetylenes is 1. The molecule has 4 heteroatoms. The van der Waals surface area contributed by atoms with Crippen LogP contribution in [0.5, 0.6) is 0 Å². The van der Waals surface area contributed by atoms with Gasteiger partial charge in [-0.25, -0.2) is 0 Å². The molecule has 0 radical (unpaired) electrons. The van der Waals surface area contributed by atoms with E-state index in [0.717, 1.165) is 6.42 Å². The first-order chi connectivity index (χ1) is 7.60. The number of carbonyl (C=O) groups is 1. The molecule has 1 unspecified atom stereocenters. The number of aromatic nitrogens is 1. The predicted octanol–water partition coefficient (Wildman–Crippen LogP) is 1.82. The van der Waals surface area contributed by atoms with Crippen LogP contribution in [0.3, 0.4) is 0 Å². The zero-order valence-electron chi connectivity index (χ0n) is 9.83. The first-order valence-electron chi connectivity index (χ1n) is 5.27. The monoisotopic (exact) mass is 220 g/mol. The first kappa shape index (κ1) is 12.3. The number of hydrogen-bond acceptors (Lipinski definition) is 3. The van der Waals surface area contributed by atoms with Gasteiger partial charge in [0.2, 0.25) is 0 Å². The molecule has 0 saturated heterocycles. The maximum atomic E-state index is 11.9. The Balaban J connectivity index is 2.76. The van der Waals surface area contributed by atoms with Crippen LogP contribution in [0.2, 0.25) is 0 Å². The third-order valence-electron chi connectivity index (χ3n) is 2.45. The van der Waals surface area contributed by atoms with Crippen molar-refractivity contribution in [2.75, 3.05) is 0 Å². The summed E-state index contributed by atoms with van der Waals surface area (Å²) in [6.45, 7) is 5.44. The highest BCUT2D eigenvalue weighted by Gasteiger charge is 2.19. The molecule has 1 heterocycles. The lowest BCUT2D eigenvalue weighted by Crippen LogP contribution is -2.34. The summed E-state index contributed by atoms with van der Waals surface area (Å²) in [5, 5.41) is 6.61. The molecular weight excluding hydrogens is 204 g/mol. The molecule has 86 valence electrons. The molecule has 0 aromatic carbocycles. The smallest absolute Gasteiger partial charge is 0.257 e. The van der Waals surface area contributed by atoms with Crippen LogP contribution in [0.4, 0.5) is 0 Å². The van der Waals surface area contributed by atoms with Crippen molar-refractivity contribution in [2.24, 2.45) is 0 Å². The van der Waals surface area contributed by atoms with Crippen LogP contribution in [-0.2, 0) is 0 Å². The summed E-state index contributed by atoms with van der Waals surface area (Å²) < 4.78 is 4.94. The lowest BCUT2D eigenvalue weighted by atomic mass is 10.1. The van der Waals surface area contributed by atoms with Crippen LogP contribution < -0.4 is 5.32 Å². The normalized spacial score (nSPS) is 11.9. The fourth-order valence-corrected chi connectivity index (χ4v) is 1.50. The highest BCUT2D eigenvalue weighted by molar-refractivity contribution is 5.96. The van der Waals surface area contributed by atoms with E-state index in [0.29, 0.717) is 23.4 Å². The molecule has 0 spiro atoms. The number of carbonyl (C=O) groups excluding carboxylic acids is 1. The summed E-state index contributed by atoms with van der Waals surface area (Å²) in [5.74, 6) is 2.91. The SMILES string of the molecule is C#CCC(CC)NC(=O)c1c(C)noc1C. The summed E-state index contributed by atoms with van der Waals surface area (Å²) in [4.78, 5) is 11.9. The molecule has 0 bridgehead atoms. The van der Waals surface area contributed by atoms with Gasteiger partial charge in [0.15, 0.2) is 0 Å². The van der Waals surface area contributed by atoms with Crippen LogP contribution in [0, 0.1) is 26.2 Å². The van der Waals surface area contributed by atoms with Crippen LogP contribution in [0.25, 0.3) is 0 Å². The summed E-state index contributed by atoms with van der Waals surface area (Å²) in [5.41, 5.74) is 1.11. The van der Waals surface area contributed by atoms with Crippen molar-refractivity contribution in [3.8, 4) is 12.3 Å². The quantitative estimate of drug-likeness (QED) is 0.787. The van der Waals surface area contributed by atoms with E-state index >= 15 is 0 Å². The van der Waals surface area contributed by atoms with Crippen LogP contribution in [0.15, 0.2) is 4.52 Å².